The highest BCUT2D eigenvalue weighted by Crippen LogP contribution is 2.32. The number of pyridine rings is 1. The van der Waals surface area contributed by atoms with Gasteiger partial charge in [0.1, 0.15) is 0 Å². The summed E-state index contributed by atoms with van der Waals surface area (Å²) in [7, 11) is 0. The van der Waals surface area contributed by atoms with Crippen LogP contribution in [0.5, 0.6) is 0 Å². The molecular formula is C19H14Br2N2O3. The number of hydrogen-bond acceptors (Lipinski definition) is 4. The smallest absolute Gasteiger partial charge is 0.339 e. The molecule has 0 saturated carbocycles. The second-order valence-corrected chi connectivity index (χ2v) is 7.42. The van der Waals surface area contributed by atoms with Crippen molar-refractivity contribution in [2.45, 2.75) is 13.0 Å². The summed E-state index contributed by atoms with van der Waals surface area (Å²) in [6.45, 7) is 1.44. The SMILES string of the molecule is C[C@@H](OC(=O)c1cc(-c2ccccc2)nc2c(Br)cc(Br)cc12)C(N)=O. The van der Waals surface area contributed by atoms with Gasteiger partial charge < -0.3 is 10.5 Å². The molecule has 0 bridgehead atoms. The minimum absolute atomic E-state index is 0.309. The van der Waals surface area contributed by atoms with Crippen molar-refractivity contribution in [2.24, 2.45) is 5.73 Å². The summed E-state index contributed by atoms with van der Waals surface area (Å²) in [6.07, 6.45) is -1.03. The van der Waals surface area contributed by atoms with Gasteiger partial charge in [0.25, 0.3) is 5.91 Å². The number of carbonyl (C=O) groups excluding carboxylic acids is 2. The summed E-state index contributed by atoms with van der Waals surface area (Å²) < 4.78 is 6.72. The number of ether oxygens (including phenoxy) is 1. The maximum absolute atomic E-state index is 12.7. The molecule has 0 radical (unpaired) electrons. The molecule has 1 aromatic heterocycles. The van der Waals surface area contributed by atoms with Crippen LogP contribution in [0.1, 0.15) is 17.3 Å². The Balaban J connectivity index is 2.21. The Morgan fingerprint density at radius 1 is 1.12 bits per heavy atom. The summed E-state index contributed by atoms with van der Waals surface area (Å²) in [5.41, 5.74) is 7.62. The van der Waals surface area contributed by atoms with E-state index in [1.54, 1.807) is 12.1 Å². The Bertz CT molecular complexity index is 1010. The van der Waals surface area contributed by atoms with E-state index in [4.69, 9.17) is 10.5 Å². The molecule has 7 heteroatoms. The summed E-state index contributed by atoms with van der Waals surface area (Å²) in [6, 6.07) is 14.8. The first-order valence-electron chi connectivity index (χ1n) is 7.72. The number of carbonyl (C=O) groups is 2. The lowest BCUT2D eigenvalue weighted by Crippen LogP contribution is -2.30. The molecule has 26 heavy (non-hydrogen) atoms. The van der Waals surface area contributed by atoms with E-state index in [0.29, 0.717) is 22.2 Å². The zero-order valence-corrected chi connectivity index (χ0v) is 16.9. The van der Waals surface area contributed by atoms with Crippen molar-refractivity contribution < 1.29 is 14.3 Å². The third kappa shape index (κ3) is 3.78. The van der Waals surface area contributed by atoms with E-state index >= 15 is 0 Å². The van der Waals surface area contributed by atoms with Gasteiger partial charge in [-0.2, -0.15) is 0 Å². The number of benzene rings is 2. The summed E-state index contributed by atoms with van der Waals surface area (Å²) in [5, 5.41) is 0.604. The van der Waals surface area contributed by atoms with Crippen molar-refractivity contribution in [2.75, 3.05) is 0 Å². The van der Waals surface area contributed by atoms with Gasteiger partial charge in [-0.1, -0.05) is 46.3 Å². The molecule has 1 heterocycles. The van der Waals surface area contributed by atoms with Gasteiger partial charge in [-0.3, -0.25) is 4.79 Å². The van der Waals surface area contributed by atoms with Gasteiger partial charge in [-0.05, 0) is 41.1 Å². The fourth-order valence-corrected chi connectivity index (χ4v) is 3.77. The fraction of sp³-hybridized carbons (Fsp3) is 0.105. The topological polar surface area (TPSA) is 82.3 Å². The van der Waals surface area contributed by atoms with Crippen molar-refractivity contribution in [1.29, 1.82) is 0 Å². The molecule has 1 amide bonds. The van der Waals surface area contributed by atoms with Crippen molar-refractivity contribution in [3.8, 4) is 11.3 Å². The molecule has 0 unspecified atom stereocenters. The van der Waals surface area contributed by atoms with Gasteiger partial charge in [-0.15, -0.1) is 0 Å². The number of halogens is 2. The van der Waals surface area contributed by atoms with E-state index < -0.39 is 18.0 Å². The van der Waals surface area contributed by atoms with E-state index in [1.165, 1.54) is 6.92 Å². The third-order valence-electron chi connectivity index (χ3n) is 3.81. The van der Waals surface area contributed by atoms with Gasteiger partial charge in [0.2, 0.25) is 0 Å². The predicted octanol–water partition coefficient (Wildman–Crippen LogP) is 4.46. The van der Waals surface area contributed by atoms with Gasteiger partial charge in [0, 0.05) is 19.9 Å². The third-order valence-corrected chi connectivity index (χ3v) is 4.87. The first-order chi connectivity index (χ1) is 12.4. The van der Waals surface area contributed by atoms with Crippen LogP contribution in [-0.4, -0.2) is 23.0 Å². The Labute approximate surface area is 166 Å². The number of nitrogens with two attached hydrogens (primary N) is 1. The van der Waals surface area contributed by atoms with Crippen LogP contribution in [0.2, 0.25) is 0 Å². The lowest BCUT2D eigenvalue weighted by Gasteiger charge is -2.13. The first-order valence-corrected chi connectivity index (χ1v) is 9.31. The molecular weight excluding hydrogens is 464 g/mol. The summed E-state index contributed by atoms with van der Waals surface area (Å²) in [4.78, 5) is 28.6. The predicted molar refractivity (Wildman–Crippen MR) is 107 cm³/mol. The number of fused-ring (bicyclic) bond motifs is 1. The van der Waals surface area contributed by atoms with Crippen LogP contribution >= 0.6 is 31.9 Å². The fourth-order valence-electron chi connectivity index (χ4n) is 2.46. The molecule has 3 rings (SSSR count). The minimum atomic E-state index is -1.03. The zero-order chi connectivity index (χ0) is 18.8. The second kappa shape index (κ2) is 7.55. The highest BCUT2D eigenvalue weighted by molar-refractivity contribution is 9.11. The Morgan fingerprint density at radius 2 is 1.81 bits per heavy atom. The molecule has 5 nitrogen and oxygen atoms in total. The van der Waals surface area contributed by atoms with Crippen LogP contribution in [0.3, 0.4) is 0 Å². The lowest BCUT2D eigenvalue weighted by atomic mass is 10.0. The number of hydrogen-bond donors (Lipinski definition) is 1. The van der Waals surface area contributed by atoms with Crippen LogP contribution < -0.4 is 5.73 Å². The Hall–Kier alpha value is -2.25. The van der Waals surface area contributed by atoms with E-state index in [2.05, 4.69) is 36.8 Å². The quantitative estimate of drug-likeness (QED) is 0.562. The maximum Gasteiger partial charge on any atom is 0.339 e. The molecule has 0 aliphatic heterocycles. The Morgan fingerprint density at radius 3 is 2.46 bits per heavy atom. The average Bonchev–Trinajstić information content (AvgIpc) is 2.61. The monoisotopic (exact) mass is 476 g/mol. The Kier molecular flexibility index (Phi) is 5.38. The van der Waals surface area contributed by atoms with Crippen LogP contribution in [0.4, 0.5) is 0 Å². The summed E-state index contributed by atoms with van der Waals surface area (Å²) in [5.74, 6) is -1.34. The van der Waals surface area contributed by atoms with Crippen LogP contribution in [-0.2, 0) is 9.53 Å². The molecule has 0 saturated heterocycles. The second-order valence-electron chi connectivity index (χ2n) is 5.65. The number of esters is 1. The molecule has 3 aromatic rings. The van der Waals surface area contributed by atoms with Crippen LogP contribution in [0, 0.1) is 0 Å². The minimum Gasteiger partial charge on any atom is -0.449 e. The van der Waals surface area contributed by atoms with Crippen molar-refractivity contribution in [3.63, 3.8) is 0 Å². The highest BCUT2D eigenvalue weighted by Gasteiger charge is 2.21. The lowest BCUT2D eigenvalue weighted by molar-refractivity contribution is -0.125. The number of rotatable bonds is 4. The normalized spacial score (nSPS) is 12.0. The van der Waals surface area contributed by atoms with E-state index in [0.717, 1.165) is 14.5 Å². The molecule has 0 fully saturated rings. The van der Waals surface area contributed by atoms with Crippen LogP contribution in [0.25, 0.3) is 22.2 Å². The molecule has 0 aliphatic rings. The van der Waals surface area contributed by atoms with Crippen molar-refractivity contribution in [3.05, 3.63) is 63.0 Å². The maximum atomic E-state index is 12.7. The molecule has 0 aliphatic carbocycles. The number of nitrogens with zero attached hydrogens (tertiary/aromatic N) is 1. The summed E-state index contributed by atoms with van der Waals surface area (Å²) >= 11 is 6.91. The molecule has 132 valence electrons. The average molecular weight is 478 g/mol. The molecule has 2 N–H and O–H groups in total. The highest BCUT2D eigenvalue weighted by atomic mass is 79.9. The van der Waals surface area contributed by atoms with E-state index in [1.807, 2.05) is 36.4 Å². The van der Waals surface area contributed by atoms with Gasteiger partial charge in [0.15, 0.2) is 6.10 Å². The van der Waals surface area contributed by atoms with Gasteiger partial charge in [-0.25, -0.2) is 9.78 Å². The number of amides is 1. The van der Waals surface area contributed by atoms with E-state index in [-0.39, 0.29) is 0 Å². The number of aromatic nitrogens is 1. The largest absolute Gasteiger partial charge is 0.449 e. The first kappa shape index (κ1) is 18.5. The molecule has 0 spiro atoms. The molecule has 1 atom stereocenters. The van der Waals surface area contributed by atoms with E-state index in [9.17, 15) is 9.59 Å². The van der Waals surface area contributed by atoms with Crippen molar-refractivity contribution >= 4 is 54.6 Å². The van der Waals surface area contributed by atoms with Crippen molar-refractivity contribution in [1.82, 2.24) is 4.98 Å². The molecule has 2 aromatic carbocycles. The van der Waals surface area contributed by atoms with Gasteiger partial charge >= 0.3 is 5.97 Å². The van der Waals surface area contributed by atoms with Gasteiger partial charge in [0.05, 0.1) is 16.8 Å². The number of primary amides is 1. The zero-order valence-electron chi connectivity index (χ0n) is 13.7. The standard InChI is InChI=1S/C19H14Br2N2O3/c1-10(18(22)24)26-19(25)14-9-16(11-5-3-2-4-6-11)23-17-13(14)7-12(20)8-15(17)21/h2-10H,1H3,(H2,22,24)/t10-/m1/s1. The van der Waals surface area contributed by atoms with Crippen LogP contribution in [0.15, 0.2) is 57.5 Å².